The van der Waals surface area contributed by atoms with Gasteiger partial charge in [0.2, 0.25) is 10.0 Å². The van der Waals surface area contributed by atoms with Gasteiger partial charge in [-0.1, -0.05) is 12.5 Å². The van der Waals surface area contributed by atoms with Crippen LogP contribution in [0.2, 0.25) is 0 Å². The zero-order valence-corrected chi connectivity index (χ0v) is 16.7. The van der Waals surface area contributed by atoms with E-state index < -0.39 is 22.5 Å². The SMILES string of the molecule is Cc1ccc(S(=O)(=O)N2CCCCC2)cc1C(=O)Nc1ccc(OC(F)F)cc1. The van der Waals surface area contributed by atoms with E-state index in [1.54, 1.807) is 13.0 Å². The van der Waals surface area contributed by atoms with Crippen molar-refractivity contribution in [3.05, 3.63) is 53.6 Å². The van der Waals surface area contributed by atoms with Crippen LogP contribution in [0.25, 0.3) is 0 Å². The number of nitrogens with one attached hydrogen (secondary N) is 1. The Bertz CT molecular complexity index is 972. The molecule has 1 N–H and O–H groups in total. The molecule has 1 fully saturated rings. The third-order valence-electron chi connectivity index (χ3n) is 4.74. The summed E-state index contributed by atoms with van der Waals surface area (Å²) in [6.07, 6.45) is 2.65. The van der Waals surface area contributed by atoms with Crippen LogP contribution in [0.3, 0.4) is 0 Å². The normalized spacial score (nSPS) is 15.3. The van der Waals surface area contributed by atoms with Crippen LogP contribution < -0.4 is 10.1 Å². The summed E-state index contributed by atoms with van der Waals surface area (Å²) in [5, 5.41) is 2.65. The maximum atomic E-state index is 12.9. The number of halogens is 2. The maximum Gasteiger partial charge on any atom is 0.387 e. The van der Waals surface area contributed by atoms with Crippen LogP contribution >= 0.6 is 0 Å². The second-order valence-electron chi connectivity index (χ2n) is 6.80. The number of aryl methyl sites for hydroxylation is 1. The minimum atomic E-state index is -3.66. The largest absolute Gasteiger partial charge is 0.435 e. The number of ether oxygens (including phenoxy) is 1. The summed E-state index contributed by atoms with van der Waals surface area (Å²) in [7, 11) is -3.66. The molecule has 1 amide bonds. The van der Waals surface area contributed by atoms with E-state index in [1.165, 1.54) is 40.7 Å². The first-order chi connectivity index (χ1) is 13.8. The number of hydrogen-bond acceptors (Lipinski definition) is 4. The van der Waals surface area contributed by atoms with Crippen LogP contribution in [0.5, 0.6) is 5.75 Å². The fourth-order valence-corrected chi connectivity index (χ4v) is 4.72. The lowest BCUT2D eigenvalue weighted by atomic mass is 10.1. The fourth-order valence-electron chi connectivity index (χ4n) is 3.18. The lowest BCUT2D eigenvalue weighted by molar-refractivity contribution is -0.0498. The predicted molar refractivity (Wildman–Crippen MR) is 105 cm³/mol. The van der Waals surface area contributed by atoms with Gasteiger partial charge in [0, 0.05) is 24.3 Å². The zero-order valence-electron chi connectivity index (χ0n) is 15.9. The van der Waals surface area contributed by atoms with Gasteiger partial charge in [0.25, 0.3) is 5.91 Å². The Kier molecular flexibility index (Phi) is 6.49. The molecule has 0 saturated carbocycles. The molecule has 2 aromatic rings. The maximum absolute atomic E-state index is 12.9. The molecular weight excluding hydrogens is 402 g/mol. The zero-order chi connectivity index (χ0) is 21.0. The van der Waals surface area contributed by atoms with Crippen molar-refractivity contribution in [2.75, 3.05) is 18.4 Å². The molecule has 1 aliphatic heterocycles. The van der Waals surface area contributed by atoms with E-state index in [4.69, 9.17) is 0 Å². The van der Waals surface area contributed by atoms with Gasteiger partial charge < -0.3 is 10.1 Å². The van der Waals surface area contributed by atoms with Gasteiger partial charge in [0.15, 0.2) is 0 Å². The van der Waals surface area contributed by atoms with Crippen molar-refractivity contribution in [3.63, 3.8) is 0 Å². The lowest BCUT2D eigenvalue weighted by Gasteiger charge is -2.26. The molecule has 0 aromatic heterocycles. The second-order valence-corrected chi connectivity index (χ2v) is 8.74. The molecular formula is C20H22F2N2O4S. The number of sulfonamides is 1. The van der Waals surface area contributed by atoms with Gasteiger partial charge in [-0.05, 0) is 61.7 Å². The predicted octanol–water partition coefficient (Wildman–Crippen LogP) is 4.02. The number of benzene rings is 2. The highest BCUT2D eigenvalue weighted by molar-refractivity contribution is 7.89. The number of nitrogens with zero attached hydrogens (tertiary/aromatic N) is 1. The number of piperidine rings is 1. The highest BCUT2D eigenvalue weighted by atomic mass is 32.2. The summed E-state index contributed by atoms with van der Waals surface area (Å²) in [5.41, 5.74) is 1.23. The van der Waals surface area contributed by atoms with Crippen molar-refractivity contribution in [1.82, 2.24) is 4.31 Å². The number of carbonyl (C=O) groups excluding carboxylic acids is 1. The summed E-state index contributed by atoms with van der Waals surface area (Å²) in [6.45, 7) is -0.260. The van der Waals surface area contributed by atoms with Crippen LogP contribution in [-0.2, 0) is 10.0 Å². The van der Waals surface area contributed by atoms with Crippen molar-refractivity contribution in [1.29, 1.82) is 0 Å². The number of anilines is 1. The topological polar surface area (TPSA) is 75.7 Å². The molecule has 156 valence electrons. The number of carbonyl (C=O) groups is 1. The van der Waals surface area contributed by atoms with Gasteiger partial charge in [-0.2, -0.15) is 13.1 Å². The van der Waals surface area contributed by atoms with Crippen LogP contribution in [0.4, 0.5) is 14.5 Å². The average Bonchev–Trinajstić information content (AvgIpc) is 2.70. The van der Waals surface area contributed by atoms with E-state index in [1.807, 2.05) is 0 Å². The van der Waals surface area contributed by atoms with E-state index in [0.717, 1.165) is 19.3 Å². The quantitative estimate of drug-likeness (QED) is 0.760. The van der Waals surface area contributed by atoms with Crippen molar-refractivity contribution < 1.29 is 26.7 Å². The lowest BCUT2D eigenvalue weighted by Crippen LogP contribution is -2.35. The molecule has 0 radical (unpaired) electrons. The Morgan fingerprint density at radius 1 is 1.07 bits per heavy atom. The number of alkyl halides is 2. The summed E-state index contributed by atoms with van der Waals surface area (Å²) in [5.74, 6) is -0.510. The van der Waals surface area contributed by atoms with Crippen molar-refractivity contribution >= 4 is 21.6 Å². The molecule has 0 unspecified atom stereocenters. The third-order valence-corrected chi connectivity index (χ3v) is 6.64. The van der Waals surface area contributed by atoms with Crippen LogP contribution in [0, 0.1) is 6.92 Å². The smallest absolute Gasteiger partial charge is 0.387 e. The number of hydrogen-bond donors (Lipinski definition) is 1. The molecule has 0 bridgehead atoms. The Morgan fingerprint density at radius 3 is 2.34 bits per heavy atom. The molecule has 0 atom stereocenters. The molecule has 3 rings (SSSR count). The molecule has 6 nitrogen and oxygen atoms in total. The third kappa shape index (κ3) is 5.10. The molecule has 0 aliphatic carbocycles. The summed E-state index contributed by atoms with van der Waals surface area (Å²) >= 11 is 0. The summed E-state index contributed by atoms with van der Waals surface area (Å²) < 4.78 is 55.9. The molecule has 29 heavy (non-hydrogen) atoms. The van der Waals surface area contributed by atoms with Gasteiger partial charge in [0.05, 0.1) is 4.90 Å². The van der Waals surface area contributed by atoms with Crippen molar-refractivity contribution in [2.45, 2.75) is 37.7 Å². The van der Waals surface area contributed by atoms with Crippen molar-refractivity contribution in [3.8, 4) is 5.75 Å². The first-order valence-electron chi connectivity index (χ1n) is 9.24. The van der Waals surface area contributed by atoms with Crippen LogP contribution in [-0.4, -0.2) is 38.3 Å². The van der Waals surface area contributed by atoms with Gasteiger partial charge in [-0.25, -0.2) is 8.42 Å². The second kappa shape index (κ2) is 8.87. The minimum absolute atomic E-state index is 0.0243. The Hall–Kier alpha value is -2.52. The minimum Gasteiger partial charge on any atom is -0.435 e. The van der Waals surface area contributed by atoms with E-state index in [9.17, 15) is 22.0 Å². The fraction of sp³-hybridized carbons (Fsp3) is 0.350. The van der Waals surface area contributed by atoms with Crippen molar-refractivity contribution in [2.24, 2.45) is 0 Å². The Balaban J connectivity index is 1.79. The highest BCUT2D eigenvalue weighted by Gasteiger charge is 2.27. The molecule has 1 saturated heterocycles. The van der Waals surface area contributed by atoms with E-state index in [0.29, 0.717) is 24.3 Å². The molecule has 1 heterocycles. The highest BCUT2D eigenvalue weighted by Crippen LogP contribution is 2.24. The first-order valence-corrected chi connectivity index (χ1v) is 10.7. The Morgan fingerprint density at radius 2 is 1.72 bits per heavy atom. The summed E-state index contributed by atoms with van der Waals surface area (Å²) in [4.78, 5) is 12.8. The standard InChI is InChI=1S/C20H22F2N2O4S/c1-14-5-10-17(29(26,27)24-11-3-2-4-12-24)13-18(14)19(25)23-15-6-8-16(9-7-15)28-20(21)22/h5-10,13,20H,2-4,11-12H2,1H3,(H,23,25). The Labute approximate surface area is 168 Å². The average molecular weight is 424 g/mol. The van der Waals surface area contributed by atoms with E-state index >= 15 is 0 Å². The van der Waals surface area contributed by atoms with Gasteiger partial charge >= 0.3 is 6.61 Å². The summed E-state index contributed by atoms with van der Waals surface area (Å²) in [6, 6.07) is 9.97. The molecule has 0 spiro atoms. The van der Waals surface area contributed by atoms with Gasteiger partial charge in [-0.15, -0.1) is 0 Å². The molecule has 1 aliphatic rings. The van der Waals surface area contributed by atoms with Gasteiger partial charge in [0.1, 0.15) is 5.75 Å². The monoisotopic (exact) mass is 424 g/mol. The van der Waals surface area contributed by atoms with E-state index in [2.05, 4.69) is 10.1 Å². The van der Waals surface area contributed by atoms with Crippen LogP contribution in [0.1, 0.15) is 35.2 Å². The van der Waals surface area contributed by atoms with Crippen LogP contribution in [0.15, 0.2) is 47.4 Å². The molecule has 2 aromatic carbocycles. The van der Waals surface area contributed by atoms with Gasteiger partial charge in [-0.3, -0.25) is 4.79 Å². The van der Waals surface area contributed by atoms with E-state index in [-0.39, 0.29) is 16.2 Å². The first kappa shape index (κ1) is 21.2. The number of amides is 1. The molecule has 9 heteroatoms. The number of rotatable bonds is 6.